The molecule has 1 aliphatic rings. The number of nitro groups is 1. The quantitative estimate of drug-likeness (QED) is 0.457. The van der Waals surface area contributed by atoms with Crippen LogP contribution in [-0.4, -0.2) is 17.5 Å². The largest absolute Gasteiger partial charge is 0.363 e. The minimum absolute atomic E-state index is 0.176. The molecular formula is C15H21ClN2O2. The van der Waals surface area contributed by atoms with Crippen molar-refractivity contribution in [2.24, 2.45) is 0 Å². The maximum Gasteiger partial charge on any atom is 0.292 e. The molecule has 0 radical (unpaired) electrons. The molecule has 0 spiro atoms. The molecule has 0 aromatic heterocycles. The van der Waals surface area contributed by atoms with Gasteiger partial charge in [0.1, 0.15) is 5.69 Å². The normalized spacial score (nSPS) is 16.1. The molecule has 0 saturated heterocycles. The molecule has 0 aliphatic heterocycles. The molecule has 1 saturated carbocycles. The molecule has 1 aromatic rings. The number of nitrogens with zero attached hydrogens (tertiary/aromatic N) is 2. The van der Waals surface area contributed by atoms with Gasteiger partial charge in [0.25, 0.3) is 5.69 Å². The van der Waals surface area contributed by atoms with Crippen LogP contribution in [0.4, 0.5) is 11.4 Å². The minimum atomic E-state index is -0.295. The van der Waals surface area contributed by atoms with E-state index < -0.39 is 0 Å². The zero-order valence-corrected chi connectivity index (χ0v) is 12.6. The Morgan fingerprint density at radius 2 is 2.05 bits per heavy atom. The molecule has 5 heteroatoms. The van der Waals surface area contributed by atoms with Gasteiger partial charge in [0.2, 0.25) is 0 Å². The van der Waals surface area contributed by atoms with Gasteiger partial charge in [-0.25, -0.2) is 0 Å². The summed E-state index contributed by atoms with van der Waals surface area (Å²) in [6.45, 7) is 2.86. The molecule has 0 bridgehead atoms. The molecule has 1 fully saturated rings. The average molecular weight is 297 g/mol. The summed E-state index contributed by atoms with van der Waals surface area (Å²) >= 11 is 5.78. The van der Waals surface area contributed by atoms with E-state index in [0.717, 1.165) is 30.6 Å². The SMILES string of the molecule is CCN(c1ccc(CCl)cc1[N+](=O)[O-])C1CCCCC1. The summed E-state index contributed by atoms with van der Waals surface area (Å²) < 4.78 is 0. The highest BCUT2D eigenvalue weighted by atomic mass is 35.5. The molecular weight excluding hydrogens is 276 g/mol. The highest BCUT2D eigenvalue weighted by molar-refractivity contribution is 6.17. The van der Waals surface area contributed by atoms with Crippen LogP contribution in [0.3, 0.4) is 0 Å². The van der Waals surface area contributed by atoms with Crippen molar-refractivity contribution >= 4 is 23.0 Å². The maximum atomic E-state index is 11.3. The molecule has 110 valence electrons. The van der Waals surface area contributed by atoms with E-state index in [1.54, 1.807) is 6.07 Å². The van der Waals surface area contributed by atoms with Crippen molar-refractivity contribution in [2.75, 3.05) is 11.4 Å². The lowest BCUT2D eigenvalue weighted by atomic mass is 9.93. The zero-order chi connectivity index (χ0) is 14.5. The van der Waals surface area contributed by atoms with Crippen LogP contribution in [-0.2, 0) is 5.88 Å². The van der Waals surface area contributed by atoms with E-state index in [-0.39, 0.29) is 10.6 Å². The van der Waals surface area contributed by atoms with E-state index in [1.807, 2.05) is 12.1 Å². The van der Waals surface area contributed by atoms with Crippen LogP contribution in [0.1, 0.15) is 44.6 Å². The van der Waals surface area contributed by atoms with E-state index in [9.17, 15) is 10.1 Å². The highest BCUT2D eigenvalue weighted by Gasteiger charge is 2.26. The molecule has 0 N–H and O–H groups in total. The topological polar surface area (TPSA) is 46.4 Å². The third kappa shape index (κ3) is 3.23. The lowest BCUT2D eigenvalue weighted by molar-refractivity contribution is -0.384. The summed E-state index contributed by atoms with van der Waals surface area (Å²) in [7, 11) is 0. The highest BCUT2D eigenvalue weighted by Crippen LogP contribution is 2.34. The molecule has 1 aliphatic carbocycles. The fourth-order valence-corrected chi connectivity index (χ4v) is 3.23. The average Bonchev–Trinajstić information content (AvgIpc) is 2.49. The Bertz CT molecular complexity index is 473. The fraction of sp³-hybridized carbons (Fsp3) is 0.600. The van der Waals surface area contributed by atoms with Gasteiger partial charge in [0, 0.05) is 24.5 Å². The Balaban J connectivity index is 2.34. The fourth-order valence-electron chi connectivity index (χ4n) is 3.06. The van der Waals surface area contributed by atoms with Crippen LogP contribution in [0.5, 0.6) is 0 Å². The van der Waals surface area contributed by atoms with E-state index in [1.165, 1.54) is 19.3 Å². The summed E-state index contributed by atoms with van der Waals surface area (Å²) in [6, 6.07) is 5.78. The Morgan fingerprint density at radius 3 is 2.60 bits per heavy atom. The molecule has 0 heterocycles. The Labute approximate surface area is 124 Å². The van der Waals surface area contributed by atoms with Gasteiger partial charge in [-0.3, -0.25) is 10.1 Å². The summed E-state index contributed by atoms with van der Waals surface area (Å²) in [6.07, 6.45) is 5.97. The van der Waals surface area contributed by atoms with Crippen molar-refractivity contribution < 1.29 is 4.92 Å². The first kappa shape index (κ1) is 15.1. The zero-order valence-electron chi connectivity index (χ0n) is 11.8. The van der Waals surface area contributed by atoms with Gasteiger partial charge in [0.05, 0.1) is 4.92 Å². The Morgan fingerprint density at radius 1 is 1.35 bits per heavy atom. The predicted molar refractivity (Wildman–Crippen MR) is 82.5 cm³/mol. The summed E-state index contributed by atoms with van der Waals surface area (Å²) in [5, 5.41) is 11.3. The molecule has 20 heavy (non-hydrogen) atoms. The van der Waals surface area contributed by atoms with Gasteiger partial charge in [-0.05, 0) is 31.4 Å². The van der Waals surface area contributed by atoms with Gasteiger partial charge < -0.3 is 4.90 Å². The van der Waals surface area contributed by atoms with Crippen molar-refractivity contribution in [1.82, 2.24) is 0 Å². The van der Waals surface area contributed by atoms with Gasteiger partial charge in [-0.1, -0.05) is 25.3 Å². The second-order valence-corrected chi connectivity index (χ2v) is 5.56. The van der Waals surface area contributed by atoms with E-state index >= 15 is 0 Å². The van der Waals surface area contributed by atoms with Crippen molar-refractivity contribution in [3.8, 4) is 0 Å². The first-order valence-corrected chi connectivity index (χ1v) is 7.80. The van der Waals surface area contributed by atoms with Crippen LogP contribution < -0.4 is 4.90 Å². The van der Waals surface area contributed by atoms with E-state index in [0.29, 0.717) is 11.9 Å². The number of alkyl halides is 1. The number of anilines is 1. The number of benzene rings is 1. The third-order valence-corrected chi connectivity index (χ3v) is 4.37. The van der Waals surface area contributed by atoms with Crippen LogP contribution in [0, 0.1) is 10.1 Å². The van der Waals surface area contributed by atoms with Crippen LogP contribution in [0.15, 0.2) is 18.2 Å². The van der Waals surface area contributed by atoms with Gasteiger partial charge in [0.15, 0.2) is 0 Å². The number of halogens is 1. The van der Waals surface area contributed by atoms with Crippen molar-refractivity contribution in [2.45, 2.75) is 50.9 Å². The molecule has 4 nitrogen and oxygen atoms in total. The molecule has 0 amide bonds. The smallest absolute Gasteiger partial charge is 0.292 e. The van der Waals surface area contributed by atoms with E-state index in [2.05, 4.69) is 11.8 Å². The Kier molecular flexibility index (Phi) is 5.24. The van der Waals surface area contributed by atoms with Crippen molar-refractivity contribution in [3.63, 3.8) is 0 Å². The van der Waals surface area contributed by atoms with Gasteiger partial charge in [-0.15, -0.1) is 11.6 Å². The lowest BCUT2D eigenvalue weighted by Gasteiger charge is -2.35. The first-order valence-electron chi connectivity index (χ1n) is 7.27. The standard InChI is InChI=1S/C15H21ClN2O2/c1-2-17(13-6-4-3-5-7-13)14-9-8-12(11-16)10-15(14)18(19)20/h8-10,13H,2-7,11H2,1H3. The number of hydrogen-bond acceptors (Lipinski definition) is 3. The van der Waals surface area contributed by atoms with Crippen molar-refractivity contribution in [3.05, 3.63) is 33.9 Å². The minimum Gasteiger partial charge on any atom is -0.363 e. The van der Waals surface area contributed by atoms with Crippen molar-refractivity contribution in [1.29, 1.82) is 0 Å². The second kappa shape index (κ2) is 6.93. The van der Waals surface area contributed by atoms with Crippen LogP contribution >= 0.6 is 11.6 Å². The second-order valence-electron chi connectivity index (χ2n) is 5.29. The number of rotatable bonds is 5. The van der Waals surface area contributed by atoms with Gasteiger partial charge >= 0.3 is 0 Å². The van der Waals surface area contributed by atoms with Crippen LogP contribution in [0.25, 0.3) is 0 Å². The molecule has 0 unspecified atom stereocenters. The van der Waals surface area contributed by atoms with E-state index in [4.69, 9.17) is 11.6 Å². The van der Waals surface area contributed by atoms with Crippen LogP contribution in [0.2, 0.25) is 0 Å². The third-order valence-electron chi connectivity index (χ3n) is 4.06. The molecule has 2 rings (SSSR count). The number of hydrogen-bond donors (Lipinski definition) is 0. The summed E-state index contributed by atoms with van der Waals surface area (Å²) in [4.78, 5) is 13.2. The first-order chi connectivity index (χ1) is 9.67. The maximum absolute atomic E-state index is 11.3. The molecule has 0 atom stereocenters. The van der Waals surface area contributed by atoms with Gasteiger partial charge in [-0.2, -0.15) is 0 Å². The monoisotopic (exact) mass is 296 g/mol. The molecule has 1 aromatic carbocycles. The summed E-state index contributed by atoms with van der Waals surface area (Å²) in [5.41, 5.74) is 1.70. The number of nitro benzene ring substituents is 1. The predicted octanol–water partition coefficient (Wildman–Crippen LogP) is 4.49. The summed E-state index contributed by atoms with van der Waals surface area (Å²) in [5.74, 6) is 0.302. The Hall–Kier alpha value is -1.29. The lowest BCUT2D eigenvalue weighted by Crippen LogP contribution is -2.37.